The third-order valence-electron chi connectivity index (χ3n) is 2.99. The minimum Gasteiger partial charge on any atom is -0.478 e. The number of carbonyl (C=O) groups excluding carboxylic acids is 1. The summed E-state index contributed by atoms with van der Waals surface area (Å²) in [6.45, 7) is 7.68. The molecule has 0 bridgehead atoms. The van der Waals surface area contributed by atoms with Crippen LogP contribution in [0.25, 0.3) is 0 Å². The molecule has 7 heteroatoms. The molecule has 118 valence electrons. The number of aryl methyl sites for hydroxylation is 1. The van der Waals surface area contributed by atoms with E-state index in [4.69, 9.17) is 14.3 Å². The van der Waals surface area contributed by atoms with Crippen LogP contribution in [0.2, 0.25) is 0 Å². The predicted octanol–water partition coefficient (Wildman–Crippen LogP) is 1.85. The van der Waals surface area contributed by atoms with Crippen LogP contribution >= 0.6 is 0 Å². The smallest absolute Gasteiger partial charge is 0.339 e. The van der Waals surface area contributed by atoms with E-state index < -0.39 is 5.97 Å². The minimum atomic E-state index is -1.04. The SMILES string of the molecule is CCOCCN(CC)C(=O)NCc1cc(C(=O)O)c(C)o1. The van der Waals surface area contributed by atoms with E-state index in [0.717, 1.165) is 0 Å². The number of hydrogen-bond acceptors (Lipinski definition) is 4. The van der Waals surface area contributed by atoms with Crippen molar-refractivity contribution in [1.82, 2.24) is 10.2 Å². The van der Waals surface area contributed by atoms with Crippen LogP contribution in [0.15, 0.2) is 10.5 Å². The van der Waals surface area contributed by atoms with Gasteiger partial charge in [0.05, 0.1) is 13.2 Å². The van der Waals surface area contributed by atoms with Gasteiger partial charge in [-0.3, -0.25) is 0 Å². The number of amides is 2. The first-order valence-electron chi connectivity index (χ1n) is 6.92. The first kappa shape index (κ1) is 17.0. The highest BCUT2D eigenvalue weighted by Crippen LogP contribution is 2.14. The summed E-state index contributed by atoms with van der Waals surface area (Å²) in [6, 6.07) is 1.19. The summed E-state index contributed by atoms with van der Waals surface area (Å²) in [4.78, 5) is 24.5. The molecule has 1 rings (SSSR count). The monoisotopic (exact) mass is 298 g/mol. The Hall–Kier alpha value is -2.02. The topological polar surface area (TPSA) is 92.0 Å². The standard InChI is InChI=1S/C14H22N2O5/c1-4-16(6-7-20-5-2)14(19)15-9-11-8-12(13(17)18)10(3)21-11/h8H,4-7,9H2,1-3H3,(H,15,19)(H,17,18). The number of nitrogens with zero attached hydrogens (tertiary/aromatic N) is 1. The number of ether oxygens (including phenoxy) is 1. The maximum absolute atomic E-state index is 12.0. The van der Waals surface area contributed by atoms with Crippen LogP contribution in [0.3, 0.4) is 0 Å². The Morgan fingerprint density at radius 1 is 1.43 bits per heavy atom. The molecule has 7 nitrogen and oxygen atoms in total. The van der Waals surface area contributed by atoms with Crippen LogP contribution in [-0.2, 0) is 11.3 Å². The average Bonchev–Trinajstić information content (AvgIpc) is 2.82. The van der Waals surface area contributed by atoms with Crippen molar-refractivity contribution in [2.24, 2.45) is 0 Å². The summed E-state index contributed by atoms with van der Waals surface area (Å²) in [6.07, 6.45) is 0. The first-order valence-corrected chi connectivity index (χ1v) is 6.92. The van der Waals surface area contributed by atoms with Crippen molar-refractivity contribution in [2.45, 2.75) is 27.3 Å². The molecule has 0 saturated heterocycles. The van der Waals surface area contributed by atoms with Crippen molar-refractivity contribution >= 4 is 12.0 Å². The second-order valence-corrected chi connectivity index (χ2v) is 4.42. The number of carboxylic acids is 1. The molecule has 0 radical (unpaired) electrons. The fourth-order valence-corrected chi connectivity index (χ4v) is 1.84. The average molecular weight is 298 g/mol. The number of urea groups is 1. The quantitative estimate of drug-likeness (QED) is 0.715. The van der Waals surface area contributed by atoms with E-state index in [0.29, 0.717) is 37.8 Å². The normalized spacial score (nSPS) is 10.4. The van der Waals surface area contributed by atoms with Crippen LogP contribution in [0, 0.1) is 6.92 Å². The molecule has 0 aliphatic heterocycles. The molecular formula is C14H22N2O5. The van der Waals surface area contributed by atoms with E-state index in [1.807, 2.05) is 13.8 Å². The number of aromatic carboxylic acids is 1. The molecule has 0 aromatic carbocycles. The third kappa shape index (κ3) is 5.11. The molecule has 0 unspecified atom stereocenters. The van der Waals surface area contributed by atoms with Crippen LogP contribution in [-0.4, -0.2) is 48.3 Å². The van der Waals surface area contributed by atoms with E-state index in [9.17, 15) is 9.59 Å². The highest BCUT2D eigenvalue weighted by Gasteiger charge is 2.15. The summed E-state index contributed by atoms with van der Waals surface area (Å²) in [5, 5.41) is 11.6. The van der Waals surface area contributed by atoms with Gasteiger partial charge in [0.1, 0.15) is 17.1 Å². The lowest BCUT2D eigenvalue weighted by Gasteiger charge is -2.20. The van der Waals surface area contributed by atoms with Crippen molar-refractivity contribution in [3.8, 4) is 0 Å². The number of hydrogen-bond donors (Lipinski definition) is 2. The highest BCUT2D eigenvalue weighted by atomic mass is 16.5. The summed E-state index contributed by atoms with van der Waals surface area (Å²) < 4.78 is 10.5. The van der Waals surface area contributed by atoms with Crippen molar-refractivity contribution in [2.75, 3.05) is 26.3 Å². The molecule has 0 saturated carbocycles. The van der Waals surface area contributed by atoms with Crippen LogP contribution in [0.1, 0.15) is 35.7 Å². The van der Waals surface area contributed by atoms with E-state index in [1.54, 1.807) is 11.8 Å². The molecule has 1 aromatic rings. The number of furan rings is 1. The van der Waals surface area contributed by atoms with Gasteiger partial charge in [-0.15, -0.1) is 0 Å². The lowest BCUT2D eigenvalue weighted by molar-refractivity contribution is 0.0695. The number of likely N-dealkylation sites (N-methyl/N-ethyl adjacent to an activating group) is 1. The molecule has 0 spiro atoms. The minimum absolute atomic E-state index is 0.114. The molecule has 2 N–H and O–H groups in total. The molecule has 1 heterocycles. The Balaban J connectivity index is 2.51. The Bertz CT molecular complexity index is 484. The molecule has 2 amide bonds. The molecule has 21 heavy (non-hydrogen) atoms. The van der Waals surface area contributed by atoms with Gasteiger partial charge in [0.15, 0.2) is 0 Å². The molecule has 0 aliphatic rings. The fraction of sp³-hybridized carbons (Fsp3) is 0.571. The summed E-state index contributed by atoms with van der Waals surface area (Å²) >= 11 is 0. The van der Waals surface area contributed by atoms with Crippen molar-refractivity contribution < 1.29 is 23.8 Å². The summed E-state index contributed by atoms with van der Waals surface area (Å²) in [7, 11) is 0. The zero-order chi connectivity index (χ0) is 15.8. The third-order valence-corrected chi connectivity index (χ3v) is 2.99. The first-order chi connectivity index (χ1) is 9.99. The lowest BCUT2D eigenvalue weighted by atomic mass is 10.2. The Morgan fingerprint density at radius 3 is 2.67 bits per heavy atom. The number of rotatable bonds is 8. The van der Waals surface area contributed by atoms with Crippen molar-refractivity contribution in [3.63, 3.8) is 0 Å². The second kappa shape index (κ2) is 8.31. The van der Waals surface area contributed by atoms with Gasteiger partial charge in [0.25, 0.3) is 0 Å². The predicted molar refractivity (Wildman–Crippen MR) is 76.4 cm³/mol. The molecule has 0 fully saturated rings. The van der Waals surface area contributed by atoms with Gasteiger partial charge in [0.2, 0.25) is 0 Å². The van der Waals surface area contributed by atoms with Gasteiger partial charge in [-0.05, 0) is 26.8 Å². The van der Waals surface area contributed by atoms with Gasteiger partial charge < -0.3 is 24.5 Å². The number of nitrogens with one attached hydrogen (secondary N) is 1. The van der Waals surface area contributed by atoms with Gasteiger partial charge in [-0.2, -0.15) is 0 Å². The Morgan fingerprint density at radius 2 is 2.14 bits per heavy atom. The summed E-state index contributed by atoms with van der Waals surface area (Å²) in [5.74, 6) is -0.296. The highest BCUT2D eigenvalue weighted by molar-refractivity contribution is 5.88. The molecule has 0 aliphatic carbocycles. The van der Waals surface area contributed by atoms with Gasteiger partial charge in [-0.25, -0.2) is 9.59 Å². The maximum atomic E-state index is 12.0. The van der Waals surface area contributed by atoms with E-state index in [1.165, 1.54) is 6.07 Å². The van der Waals surface area contributed by atoms with Crippen LogP contribution in [0.5, 0.6) is 0 Å². The Kier molecular flexibility index (Phi) is 6.74. The van der Waals surface area contributed by atoms with E-state index >= 15 is 0 Å². The summed E-state index contributed by atoms with van der Waals surface area (Å²) in [5.41, 5.74) is 0.114. The van der Waals surface area contributed by atoms with E-state index in [-0.39, 0.29) is 18.1 Å². The van der Waals surface area contributed by atoms with Crippen LogP contribution in [0.4, 0.5) is 4.79 Å². The van der Waals surface area contributed by atoms with Gasteiger partial charge in [-0.1, -0.05) is 0 Å². The molecular weight excluding hydrogens is 276 g/mol. The van der Waals surface area contributed by atoms with E-state index in [2.05, 4.69) is 5.32 Å². The lowest BCUT2D eigenvalue weighted by Crippen LogP contribution is -2.41. The maximum Gasteiger partial charge on any atom is 0.339 e. The zero-order valence-electron chi connectivity index (χ0n) is 12.6. The van der Waals surface area contributed by atoms with Gasteiger partial charge >= 0.3 is 12.0 Å². The molecule has 0 atom stereocenters. The van der Waals surface area contributed by atoms with Gasteiger partial charge in [0, 0.05) is 19.7 Å². The largest absolute Gasteiger partial charge is 0.478 e. The Labute approximate surface area is 123 Å². The van der Waals surface area contributed by atoms with Crippen molar-refractivity contribution in [3.05, 3.63) is 23.2 Å². The van der Waals surface area contributed by atoms with Crippen LogP contribution < -0.4 is 5.32 Å². The molecule has 1 aromatic heterocycles. The number of carboxylic acid groups (broad SMARTS) is 1. The second-order valence-electron chi connectivity index (χ2n) is 4.42. The number of carbonyl (C=O) groups is 2. The zero-order valence-corrected chi connectivity index (χ0v) is 12.6. The fourth-order valence-electron chi connectivity index (χ4n) is 1.84. The van der Waals surface area contributed by atoms with Crippen molar-refractivity contribution in [1.29, 1.82) is 0 Å².